The van der Waals surface area contributed by atoms with Gasteiger partial charge in [-0.3, -0.25) is 0 Å². The van der Waals surface area contributed by atoms with Crippen LogP contribution >= 0.6 is 11.3 Å². The van der Waals surface area contributed by atoms with Crippen molar-refractivity contribution in [1.82, 2.24) is 0 Å². The van der Waals surface area contributed by atoms with Crippen molar-refractivity contribution in [3.8, 4) is 0 Å². The smallest absolute Gasteiger partial charge is 0.0361 e. The fourth-order valence-corrected chi connectivity index (χ4v) is 3.14. The first kappa shape index (κ1) is 9.61. The van der Waals surface area contributed by atoms with Gasteiger partial charge in [0.05, 0.1) is 0 Å². The third-order valence-corrected chi connectivity index (χ3v) is 4.01. The van der Waals surface area contributed by atoms with E-state index in [1.54, 1.807) is 0 Å². The highest BCUT2D eigenvalue weighted by Crippen LogP contribution is 2.34. The third kappa shape index (κ3) is 1.36. The Bertz CT molecular complexity index is 689. The van der Waals surface area contributed by atoms with Crippen molar-refractivity contribution < 1.29 is 0 Å². The van der Waals surface area contributed by atoms with Crippen molar-refractivity contribution >= 4 is 37.1 Å². The van der Waals surface area contributed by atoms with Crippen molar-refractivity contribution in [2.45, 2.75) is 6.92 Å². The highest BCUT2D eigenvalue weighted by atomic mass is 32.1. The zero-order valence-electron chi connectivity index (χ0n) is 9.16. The van der Waals surface area contributed by atoms with Crippen LogP contribution in [0.4, 0.5) is 0 Å². The number of fused-ring (bicyclic) bond motifs is 3. The van der Waals surface area contributed by atoms with Crippen LogP contribution in [0.1, 0.15) is 12.5 Å². The first-order valence-electron chi connectivity index (χ1n) is 5.33. The van der Waals surface area contributed by atoms with Gasteiger partial charge in [0.1, 0.15) is 0 Å². The van der Waals surface area contributed by atoms with Crippen molar-refractivity contribution in [2.24, 2.45) is 0 Å². The maximum absolute atomic E-state index is 3.99. The third-order valence-electron chi connectivity index (χ3n) is 2.87. The van der Waals surface area contributed by atoms with E-state index in [0.717, 1.165) is 5.57 Å². The average Bonchev–Trinajstić information content (AvgIpc) is 2.66. The number of thiophene rings is 1. The van der Waals surface area contributed by atoms with Crippen LogP contribution < -0.4 is 0 Å². The van der Waals surface area contributed by atoms with Gasteiger partial charge in [-0.05, 0) is 24.6 Å². The van der Waals surface area contributed by atoms with Gasteiger partial charge >= 0.3 is 0 Å². The van der Waals surface area contributed by atoms with E-state index in [2.05, 4.69) is 56.0 Å². The normalized spacial score (nSPS) is 11.1. The Balaban J connectivity index is 2.41. The lowest BCUT2D eigenvalue weighted by atomic mass is 10.1. The molecule has 0 radical (unpaired) electrons. The van der Waals surface area contributed by atoms with Crippen LogP contribution in [0, 0.1) is 0 Å². The summed E-state index contributed by atoms with van der Waals surface area (Å²) in [5.74, 6) is 0. The van der Waals surface area contributed by atoms with Gasteiger partial charge < -0.3 is 0 Å². The Morgan fingerprint density at radius 3 is 2.56 bits per heavy atom. The van der Waals surface area contributed by atoms with Crippen LogP contribution in [0.15, 0.2) is 49.0 Å². The average molecular weight is 224 g/mol. The van der Waals surface area contributed by atoms with Crippen LogP contribution in [-0.4, -0.2) is 0 Å². The van der Waals surface area contributed by atoms with Crippen LogP contribution in [0.25, 0.3) is 25.7 Å². The van der Waals surface area contributed by atoms with E-state index in [1.807, 2.05) is 11.3 Å². The second-order valence-corrected chi connectivity index (χ2v) is 5.17. The standard InChI is InChI=1S/C15H12S/c1-10(2)11-7-8-13-12-5-3-4-6-14(12)16-15(13)9-11/h3-9H,1H2,2H3. The van der Waals surface area contributed by atoms with Gasteiger partial charge in [-0.2, -0.15) is 0 Å². The number of hydrogen-bond acceptors (Lipinski definition) is 1. The molecule has 0 saturated carbocycles. The minimum absolute atomic E-state index is 1.12. The molecular formula is C15H12S. The Morgan fingerprint density at radius 1 is 1.00 bits per heavy atom. The fraction of sp³-hybridized carbons (Fsp3) is 0.0667. The van der Waals surface area contributed by atoms with E-state index in [4.69, 9.17) is 0 Å². The number of rotatable bonds is 1. The summed E-state index contributed by atoms with van der Waals surface area (Å²) in [6.45, 7) is 6.04. The summed E-state index contributed by atoms with van der Waals surface area (Å²) < 4.78 is 2.71. The minimum atomic E-state index is 1.12. The summed E-state index contributed by atoms with van der Waals surface area (Å²) >= 11 is 1.85. The summed E-state index contributed by atoms with van der Waals surface area (Å²) in [4.78, 5) is 0. The van der Waals surface area contributed by atoms with Crippen LogP contribution in [0.2, 0.25) is 0 Å². The number of benzene rings is 2. The molecule has 0 amide bonds. The Morgan fingerprint density at radius 2 is 1.75 bits per heavy atom. The van der Waals surface area contributed by atoms with Crippen molar-refractivity contribution in [3.63, 3.8) is 0 Å². The molecule has 0 atom stereocenters. The largest absolute Gasteiger partial charge is 0.135 e. The van der Waals surface area contributed by atoms with Crippen molar-refractivity contribution in [3.05, 3.63) is 54.6 Å². The second kappa shape index (κ2) is 3.46. The Labute approximate surface area is 98.8 Å². The van der Waals surface area contributed by atoms with Crippen LogP contribution in [0.3, 0.4) is 0 Å². The number of hydrogen-bond donors (Lipinski definition) is 0. The molecular weight excluding hydrogens is 212 g/mol. The quantitative estimate of drug-likeness (QED) is 0.540. The van der Waals surface area contributed by atoms with Gasteiger partial charge in [0, 0.05) is 20.2 Å². The second-order valence-electron chi connectivity index (χ2n) is 4.09. The monoisotopic (exact) mass is 224 g/mol. The first-order chi connectivity index (χ1) is 7.75. The lowest BCUT2D eigenvalue weighted by Gasteiger charge is -1.98. The van der Waals surface area contributed by atoms with E-state index in [-0.39, 0.29) is 0 Å². The van der Waals surface area contributed by atoms with E-state index in [9.17, 15) is 0 Å². The predicted octanol–water partition coefficient (Wildman–Crippen LogP) is 5.09. The van der Waals surface area contributed by atoms with Gasteiger partial charge in [0.15, 0.2) is 0 Å². The molecule has 78 valence electrons. The van der Waals surface area contributed by atoms with E-state index in [1.165, 1.54) is 25.7 Å². The summed E-state index contributed by atoms with van der Waals surface area (Å²) in [5.41, 5.74) is 2.36. The molecule has 0 aliphatic carbocycles. The van der Waals surface area contributed by atoms with E-state index in [0.29, 0.717) is 0 Å². The van der Waals surface area contributed by atoms with Crippen LogP contribution in [0.5, 0.6) is 0 Å². The summed E-state index contributed by atoms with van der Waals surface area (Å²) in [6.07, 6.45) is 0. The van der Waals surface area contributed by atoms with Crippen molar-refractivity contribution in [1.29, 1.82) is 0 Å². The molecule has 0 unspecified atom stereocenters. The minimum Gasteiger partial charge on any atom is -0.135 e. The first-order valence-corrected chi connectivity index (χ1v) is 6.14. The summed E-state index contributed by atoms with van der Waals surface area (Å²) in [7, 11) is 0. The number of allylic oxidation sites excluding steroid dienone is 1. The van der Waals surface area contributed by atoms with E-state index >= 15 is 0 Å². The van der Waals surface area contributed by atoms with E-state index < -0.39 is 0 Å². The molecule has 0 aliphatic rings. The molecule has 2 aromatic carbocycles. The molecule has 16 heavy (non-hydrogen) atoms. The lowest BCUT2D eigenvalue weighted by molar-refractivity contribution is 1.64. The van der Waals surface area contributed by atoms with Gasteiger partial charge in [-0.1, -0.05) is 42.5 Å². The zero-order valence-corrected chi connectivity index (χ0v) is 9.97. The fourth-order valence-electron chi connectivity index (χ4n) is 1.99. The van der Waals surface area contributed by atoms with Crippen molar-refractivity contribution in [2.75, 3.05) is 0 Å². The molecule has 0 fully saturated rings. The molecule has 3 rings (SSSR count). The van der Waals surface area contributed by atoms with Gasteiger partial charge in [0.2, 0.25) is 0 Å². The molecule has 1 aromatic heterocycles. The summed E-state index contributed by atoms with van der Waals surface area (Å²) in [6, 6.07) is 15.2. The molecule has 0 bridgehead atoms. The molecule has 0 aliphatic heterocycles. The van der Waals surface area contributed by atoms with Crippen LogP contribution in [-0.2, 0) is 0 Å². The molecule has 0 spiro atoms. The molecule has 1 heteroatoms. The summed E-state index contributed by atoms with van der Waals surface area (Å²) in [5, 5.41) is 2.71. The SMILES string of the molecule is C=C(C)c1ccc2c(c1)sc1ccccc12. The highest BCUT2D eigenvalue weighted by Gasteiger charge is 2.04. The maximum atomic E-state index is 3.99. The lowest BCUT2D eigenvalue weighted by Crippen LogP contribution is -1.75. The highest BCUT2D eigenvalue weighted by molar-refractivity contribution is 7.25. The molecule has 0 nitrogen and oxygen atoms in total. The maximum Gasteiger partial charge on any atom is 0.0361 e. The molecule has 0 saturated heterocycles. The molecule has 1 heterocycles. The zero-order chi connectivity index (χ0) is 11.1. The Kier molecular flexibility index (Phi) is 2.08. The molecule has 0 N–H and O–H groups in total. The van der Waals surface area contributed by atoms with Gasteiger partial charge in [-0.15, -0.1) is 11.3 Å². The molecule has 3 aromatic rings. The van der Waals surface area contributed by atoms with Gasteiger partial charge in [-0.25, -0.2) is 0 Å². The topological polar surface area (TPSA) is 0 Å². The predicted molar refractivity (Wildman–Crippen MR) is 74.0 cm³/mol. The van der Waals surface area contributed by atoms with Gasteiger partial charge in [0.25, 0.3) is 0 Å². The Hall–Kier alpha value is -1.60.